The maximum absolute atomic E-state index is 5.87. The summed E-state index contributed by atoms with van der Waals surface area (Å²) in [6.07, 6.45) is 12.1. The molecule has 1 aromatic heterocycles. The van der Waals surface area contributed by atoms with E-state index in [-0.39, 0.29) is 0 Å². The molecule has 4 heteroatoms. The van der Waals surface area contributed by atoms with Crippen molar-refractivity contribution in [3.8, 4) is 0 Å². The molecule has 4 aliphatic rings. The smallest absolute Gasteiger partial charge is 0.142 e. The Morgan fingerprint density at radius 2 is 1.90 bits per heavy atom. The van der Waals surface area contributed by atoms with Crippen molar-refractivity contribution in [2.75, 3.05) is 11.1 Å². The van der Waals surface area contributed by atoms with Crippen LogP contribution in [0.2, 0.25) is 0 Å². The normalized spacial score (nSPS) is 40.0. The lowest BCUT2D eigenvalue weighted by molar-refractivity contribution is -0.0587. The molecule has 4 N–H and O–H groups in total. The lowest BCUT2D eigenvalue weighted by Crippen LogP contribution is -2.47. The number of hydrogen-bond donors (Lipinski definition) is 3. The van der Waals surface area contributed by atoms with Gasteiger partial charge in [0.1, 0.15) is 5.82 Å². The summed E-state index contributed by atoms with van der Waals surface area (Å²) < 4.78 is 0. The monoisotopic (exact) mass is 274 g/mol. The average molecular weight is 274 g/mol. The predicted molar refractivity (Wildman–Crippen MR) is 81.3 cm³/mol. The van der Waals surface area contributed by atoms with Gasteiger partial charge in [-0.2, -0.15) is 5.10 Å². The van der Waals surface area contributed by atoms with Crippen molar-refractivity contribution in [1.82, 2.24) is 10.2 Å². The van der Waals surface area contributed by atoms with Crippen LogP contribution < -0.4 is 11.1 Å². The van der Waals surface area contributed by atoms with Crippen LogP contribution in [0.25, 0.3) is 0 Å². The topological polar surface area (TPSA) is 66.7 Å². The van der Waals surface area contributed by atoms with Gasteiger partial charge in [0.15, 0.2) is 0 Å². The molecular weight excluding hydrogens is 248 g/mol. The minimum absolute atomic E-state index is 0.478. The molecular formula is C16H26N4. The highest BCUT2D eigenvalue weighted by Crippen LogP contribution is 2.61. The molecule has 4 saturated carbocycles. The second-order valence-corrected chi connectivity index (χ2v) is 7.86. The van der Waals surface area contributed by atoms with Crippen molar-refractivity contribution in [3.05, 3.63) is 6.20 Å². The van der Waals surface area contributed by atoms with Gasteiger partial charge in [-0.3, -0.25) is 5.10 Å². The second-order valence-electron chi connectivity index (χ2n) is 7.86. The Bertz CT molecular complexity index is 457. The number of nitrogens with two attached hydrogens (primary N) is 1. The third kappa shape index (κ3) is 2.09. The summed E-state index contributed by atoms with van der Waals surface area (Å²) >= 11 is 0. The molecule has 1 heterocycles. The van der Waals surface area contributed by atoms with E-state index in [1.807, 2.05) is 0 Å². The molecule has 1 aromatic rings. The van der Waals surface area contributed by atoms with Crippen LogP contribution in [0.1, 0.15) is 51.9 Å². The van der Waals surface area contributed by atoms with Crippen LogP contribution in [0.15, 0.2) is 6.20 Å². The molecule has 4 aliphatic carbocycles. The molecule has 0 aromatic carbocycles. The number of nitrogens with one attached hydrogen (secondary N) is 2. The molecule has 0 saturated heterocycles. The zero-order valence-electron chi connectivity index (χ0n) is 12.4. The van der Waals surface area contributed by atoms with Crippen LogP contribution in [0.4, 0.5) is 11.5 Å². The second kappa shape index (κ2) is 4.40. The van der Waals surface area contributed by atoms with Gasteiger partial charge in [0.25, 0.3) is 0 Å². The highest BCUT2D eigenvalue weighted by molar-refractivity contribution is 5.60. The summed E-state index contributed by atoms with van der Waals surface area (Å²) in [5, 5.41) is 10.3. The van der Waals surface area contributed by atoms with Crippen molar-refractivity contribution in [3.63, 3.8) is 0 Å². The molecule has 4 nitrogen and oxygen atoms in total. The summed E-state index contributed by atoms with van der Waals surface area (Å²) in [5.41, 5.74) is 7.45. The van der Waals surface area contributed by atoms with Gasteiger partial charge in [-0.1, -0.05) is 0 Å². The zero-order chi connectivity index (χ0) is 13.7. The quantitative estimate of drug-likeness (QED) is 0.788. The van der Waals surface area contributed by atoms with E-state index in [1.165, 1.54) is 44.9 Å². The van der Waals surface area contributed by atoms with E-state index in [4.69, 9.17) is 5.73 Å². The first-order chi connectivity index (χ1) is 9.62. The van der Waals surface area contributed by atoms with E-state index in [0.717, 1.165) is 23.4 Å². The van der Waals surface area contributed by atoms with Gasteiger partial charge in [-0.25, -0.2) is 0 Å². The van der Waals surface area contributed by atoms with Crippen LogP contribution in [-0.2, 0) is 0 Å². The summed E-state index contributed by atoms with van der Waals surface area (Å²) in [4.78, 5) is 0. The van der Waals surface area contributed by atoms with Crippen LogP contribution in [0, 0.1) is 23.2 Å². The van der Waals surface area contributed by atoms with Crippen LogP contribution in [0.3, 0.4) is 0 Å². The minimum Gasteiger partial charge on any atom is -0.382 e. The third-order valence-electron chi connectivity index (χ3n) is 5.97. The van der Waals surface area contributed by atoms with Gasteiger partial charge in [-0.15, -0.1) is 0 Å². The largest absolute Gasteiger partial charge is 0.382 e. The Hall–Kier alpha value is -1.19. The first-order valence-electron chi connectivity index (χ1n) is 8.17. The molecule has 20 heavy (non-hydrogen) atoms. The number of aromatic nitrogens is 2. The fourth-order valence-electron chi connectivity index (χ4n) is 5.92. The van der Waals surface area contributed by atoms with Gasteiger partial charge < -0.3 is 11.1 Å². The molecule has 1 unspecified atom stereocenters. The molecule has 0 amide bonds. The zero-order valence-corrected chi connectivity index (χ0v) is 12.4. The van der Waals surface area contributed by atoms with Gasteiger partial charge in [0, 0.05) is 6.04 Å². The van der Waals surface area contributed by atoms with E-state index in [1.54, 1.807) is 6.20 Å². The standard InChI is InChI=1S/C16H26N4/c1-10(19-14-9-18-20-15(14)17)5-16-6-11-2-12(7-16)4-13(3-11)8-16/h9-13,19H,2-8H2,1H3,(H3,17,18,20). The molecule has 5 rings (SSSR count). The molecule has 4 bridgehead atoms. The Kier molecular flexibility index (Phi) is 2.76. The Morgan fingerprint density at radius 3 is 2.40 bits per heavy atom. The molecule has 1 atom stereocenters. The van der Waals surface area contributed by atoms with Gasteiger partial charge >= 0.3 is 0 Å². The first-order valence-corrected chi connectivity index (χ1v) is 8.17. The number of anilines is 2. The lowest BCUT2D eigenvalue weighted by atomic mass is 9.48. The molecule has 0 spiro atoms. The van der Waals surface area contributed by atoms with Gasteiger partial charge in [-0.05, 0) is 75.0 Å². The molecule has 4 fully saturated rings. The number of nitrogen functional groups attached to an aromatic ring is 1. The third-order valence-corrected chi connectivity index (χ3v) is 5.97. The highest BCUT2D eigenvalue weighted by atomic mass is 15.2. The number of nitrogens with zero attached hydrogens (tertiary/aromatic N) is 1. The van der Waals surface area contributed by atoms with Crippen LogP contribution >= 0.6 is 0 Å². The van der Waals surface area contributed by atoms with Crippen molar-refractivity contribution >= 4 is 11.5 Å². The maximum atomic E-state index is 5.87. The van der Waals surface area contributed by atoms with E-state index in [9.17, 15) is 0 Å². The van der Waals surface area contributed by atoms with Crippen molar-refractivity contribution in [2.24, 2.45) is 23.2 Å². The van der Waals surface area contributed by atoms with E-state index >= 15 is 0 Å². The summed E-state index contributed by atoms with van der Waals surface area (Å²) in [5.74, 6) is 3.76. The van der Waals surface area contributed by atoms with E-state index in [2.05, 4.69) is 22.4 Å². The van der Waals surface area contributed by atoms with Gasteiger partial charge in [0.2, 0.25) is 0 Å². The number of rotatable bonds is 4. The average Bonchev–Trinajstić information content (AvgIpc) is 2.72. The van der Waals surface area contributed by atoms with Crippen molar-refractivity contribution in [1.29, 1.82) is 0 Å². The first kappa shape index (κ1) is 12.5. The van der Waals surface area contributed by atoms with E-state index in [0.29, 0.717) is 17.3 Å². The number of aromatic amines is 1. The Labute approximate surface area is 120 Å². The maximum Gasteiger partial charge on any atom is 0.142 e. The molecule has 110 valence electrons. The van der Waals surface area contributed by atoms with Gasteiger partial charge in [0.05, 0.1) is 11.9 Å². The van der Waals surface area contributed by atoms with Crippen molar-refractivity contribution in [2.45, 2.75) is 57.9 Å². The fourth-order valence-corrected chi connectivity index (χ4v) is 5.92. The minimum atomic E-state index is 0.478. The Morgan fingerprint density at radius 1 is 1.30 bits per heavy atom. The predicted octanol–water partition coefficient (Wildman–Crippen LogP) is 3.40. The molecule has 0 aliphatic heterocycles. The lowest BCUT2D eigenvalue weighted by Gasteiger charge is -2.57. The summed E-state index contributed by atoms with van der Waals surface area (Å²) in [6, 6.07) is 0.478. The van der Waals surface area contributed by atoms with Crippen LogP contribution in [-0.4, -0.2) is 16.2 Å². The molecule has 0 radical (unpaired) electrons. The van der Waals surface area contributed by atoms with E-state index < -0.39 is 0 Å². The van der Waals surface area contributed by atoms with Crippen LogP contribution in [0.5, 0.6) is 0 Å². The SMILES string of the molecule is CC(CC12CC3CC(CC(C3)C1)C2)Nc1cn[nH]c1N. The Balaban J connectivity index is 1.44. The fraction of sp³-hybridized carbons (Fsp3) is 0.812. The summed E-state index contributed by atoms with van der Waals surface area (Å²) in [6.45, 7) is 2.30. The number of H-pyrrole nitrogens is 1. The summed E-state index contributed by atoms with van der Waals surface area (Å²) in [7, 11) is 0. The number of hydrogen-bond acceptors (Lipinski definition) is 3. The highest BCUT2D eigenvalue weighted by Gasteiger charge is 2.50. The van der Waals surface area contributed by atoms with Crippen molar-refractivity contribution < 1.29 is 0 Å².